The van der Waals surface area contributed by atoms with Crippen LogP contribution in [0, 0.1) is 5.41 Å². The number of ether oxygens (including phenoxy) is 1. The van der Waals surface area contributed by atoms with E-state index in [2.05, 4.69) is 35.7 Å². The van der Waals surface area contributed by atoms with Crippen molar-refractivity contribution < 1.29 is 13.9 Å². The molecular formula is C19H29N3O3. The van der Waals surface area contributed by atoms with E-state index in [1.807, 2.05) is 6.20 Å². The number of hydrogen-bond donors (Lipinski definition) is 0. The summed E-state index contributed by atoms with van der Waals surface area (Å²) in [5.74, 6) is 2.17. The van der Waals surface area contributed by atoms with Gasteiger partial charge in [0.2, 0.25) is 5.89 Å². The normalized spacial score (nSPS) is 28.4. The molecule has 3 aliphatic rings. The van der Waals surface area contributed by atoms with Crippen molar-refractivity contribution in [2.75, 3.05) is 26.7 Å². The monoisotopic (exact) mass is 347 g/mol. The Balaban J connectivity index is 1.26. The van der Waals surface area contributed by atoms with Gasteiger partial charge in [0.05, 0.1) is 18.2 Å². The zero-order chi connectivity index (χ0) is 17.6. The van der Waals surface area contributed by atoms with Crippen LogP contribution in [0.25, 0.3) is 0 Å². The maximum Gasteiger partial charge on any atom is 0.312 e. The molecule has 0 bridgehead atoms. The zero-order valence-corrected chi connectivity index (χ0v) is 15.5. The highest BCUT2D eigenvalue weighted by Gasteiger charge is 2.57. The number of likely N-dealkylation sites (N-methyl/N-ethyl adjacent to an activating group) is 1. The molecule has 3 heterocycles. The molecule has 2 saturated heterocycles. The minimum Gasteiger partial charge on any atom is -0.461 e. The molecule has 3 fully saturated rings. The average molecular weight is 347 g/mol. The number of oxazole rings is 1. The summed E-state index contributed by atoms with van der Waals surface area (Å²) in [5.41, 5.74) is -0.0837. The molecule has 6 nitrogen and oxygen atoms in total. The van der Waals surface area contributed by atoms with Crippen molar-refractivity contribution in [1.82, 2.24) is 14.8 Å². The summed E-state index contributed by atoms with van der Waals surface area (Å²) in [6, 6.07) is 0.501. The molecule has 1 spiro atoms. The van der Waals surface area contributed by atoms with Gasteiger partial charge < -0.3 is 9.15 Å². The van der Waals surface area contributed by atoms with Gasteiger partial charge in [-0.1, -0.05) is 13.8 Å². The number of aromatic nitrogens is 1. The van der Waals surface area contributed by atoms with E-state index in [1.54, 1.807) is 0 Å². The fourth-order valence-electron chi connectivity index (χ4n) is 4.13. The number of likely N-dealkylation sites (tertiary alicyclic amines) is 1. The van der Waals surface area contributed by atoms with E-state index in [4.69, 9.17) is 9.15 Å². The Hall–Kier alpha value is -1.40. The van der Waals surface area contributed by atoms with Crippen molar-refractivity contribution >= 4 is 5.97 Å². The number of carbonyl (C=O) groups excluding carboxylic acids is 1. The Morgan fingerprint density at radius 2 is 2.24 bits per heavy atom. The average Bonchev–Trinajstić information content (AvgIpc) is 2.90. The summed E-state index contributed by atoms with van der Waals surface area (Å²) in [4.78, 5) is 21.1. The Kier molecular flexibility index (Phi) is 4.36. The van der Waals surface area contributed by atoms with E-state index in [1.165, 1.54) is 0 Å². The van der Waals surface area contributed by atoms with Crippen LogP contribution < -0.4 is 0 Å². The van der Waals surface area contributed by atoms with Gasteiger partial charge in [-0.2, -0.15) is 0 Å². The van der Waals surface area contributed by atoms with Crippen LogP contribution in [-0.4, -0.2) is 59.6 Å². The Morgan fingerprint density at radius 3 is 2.88 bits per heavy atom. The van der Waals surface area contributed by atoms with Crippen LogP contribution in [0.3, 0.4) is 0 Å². The van der Waals surface area contributed by atoms with Gasteiger partial charge >= 0.3 is 5.97 Å². The molecule has 138 valence electrons. The number of esters is 1. The lowest BCUT2D eigenvalue weighted by Crippen LogP contribution is -2.36. The number of carbonyl (C=O) groups is 1. The number of nitrogens with zero attached hydrogens (tertiary/aromatic N) is 3. The van der Waals surface area contributed by atoms with Gasteiger partial charge in [-0.25, -0.2) is 4.98 Å². The van der Waals surface area contributed by atoms with Gasteiger partial charge in [0.1, 0.15) is 11.9 Å². The first-order chi connectivity index (χ1) is 11.9. The second-order valence-electron chi connectivity index (χ2n) is 8.44. The van der Waals surface area contributed by atoms with Crippen molar-refractivity contribution in [3.8, 4) is 0 Å². The molecule has 1 aliphatic carbocycles. The first-order valence-electron chi connectivity index (χ1n) is 9.53. The van der Waals surface area contributed by atoms with Gasteiger partial charge in [0, 0.05) is 31.5 Å². The second kappa shape index (κ2) is 6.40. The highest BCUT2D eigenvalue weighted by atomic mass is 16.6. The lowest BCUT2D eigenvalue weighted by Gasteiger charge is -2.24. The molecule has 1 aromatic rings. The third kappa shape index (κ3) is 3.47. The zero-order valence-electron chi connectivity index (χ0n) is 15.5. The maximum atomic E-state index is 11.9. The predicted octanol–water partition coefficient (Wildman–Crippen LogP) is 2.40. The van der Waals surface area contributed by atoms with Crippen molar-refractivity contribution in [2.45, 2.75) is 64.1 Å². The first kappa shape index (κ1) is 17.0. The van der Waals surface area contributed by atoms with Crippen LogP contribution in [0.1, 0.15) is 57.1 Å². The van der Waals surface area contributed by atoms with Crippen molar-refractivity contribution in [2.24, 2.45) is 5.41 Å². The molecule has 4 rings (SSSR count). The van der Waals surface area contributed by atoms with Crippen LogP contribution in [0.5, 0.6) is 0 Å². The molecule has 1 aromatic heterocycles. The fraction of sp³-hybridized carbons (Fsp3) is 0.789. The van der Waals surface area contributed by atoms with E-state index < -0.39 is 0 Å². The van der Waals surface area contributed by atoms with E-state index in [-0.39, 0.29) is 17.5 Å². The van der Waals surface area contributed by atoms with Crippen LogP contribution in [0.15, 0.2) is 10.6 Å². The van der Waals surface area contributed by atoms with Crippen molar-refractivity contribution in [3.05, 3.63) is 17.8 Å². The van der Waals surface area contributed by atoms with Crippen molar-refractivity contribution in [3.63, 3.8) is 0 Å². The summed E-state index contributed by atoms with van der Waals surface area (Å²) >= 11 is 0. The molecule has 2 atom stereocenters. The molecule has 0 aromatic carbocycles. The molecule has 0 N–H and O–H groups in total. The largest absolute Gasteiger partial charge is 0.461 e. The smallest absolute Gasteiger partial charge is 0.312 e. The number of cyclic esters (lactones) is 1. The van der Waals surface area contributed by atoms with Gasteiger partial charge in [0.15, 0.2) is 0 Å². The number of hydrogen-bond acceptors (Lipinski definition) is 6. The summed E-state index contributed by atoms with van der Waals surface area (Å²) in [5, 5.41) is 0. The molecular weight excluding hydrogens is 318 g/mol. The Labute approximate surface area is 149 Å². The van der Waals surface area contributed by atoms with E-state index >= 15 is 0 Å². The number of rotatable bonds is 6. The van der Waals surface area contributed by atoms with Crippen LogP contribution >= 0.6 is 0 Å². The van der Waals surface area contributed by atoms with E-state index in [9.17, 15) is 4.79 Å². The minimum atomic E-state index is -0.0837. The highest BCUT2D eigenvalue weighted by molar-refractivity contribution is 5.82. The van der Waals surface area contributed by atoms with Gasteiger partial charge in [0.25, 0.3) is 0 Å². The van der Waals surface area contributed by atoms with Crippen LogP contribution in [-0.2, 0) is 16.1 Å². The molecule has 25 heavy (non-hydrogen) atoms. The standard InChI is InChI=1S/C19H29N3O3/c1-13(2)16-9-20-17(25-16)12-21(3)14-4-7-22(10-14)11-15-8-19(5-6-19)18(23)24-15/h9,13-15H,4-8,10-12H2,1-3H3. The van der Waals surface area contributed by atoms with E-state index in [0.29, 0.717) is 12.0 Å². The van der Waals surface area contributed by atoms with E-state index in [0.717, 1.165) is 63.5 Å². The molecule has 2 unspecified atom stereocenters. The molecule has 6 heteroatoms. The van der Waals surface area contributed by atoms with Crippen LogP contribution in [0.4, 0.5) is 0 Å². The summed E-state index contributed by atoms with van der Waals surface area (Å²) in [6.45, 7) is 7.95. The SMILES string of the molecule is CC(C)c1cnc(CN(C)C2CCN(CC3CC4(CC4)C(=O)O3)C2)o1. The summed E-state index contributed by atoms with van der Waals surface area (Å²) in [6.07, 6.45) is 6.07. The maximum absolute atomic E-state index is 11.9. The van der Waals surface area contributed by atoms with Gasteiger partial charge in [-0.3, -0.25) is 14.6 Å². The minimum absolute atomic E-state index is 0.0511. The first-order valence-corrected chi connectivity index (χ1v) is 9.53. The van der Waals surface area contributed by atoms with Crippen LogP contribution in [0.2, 0.25) is 0 Å². The highest BCUT2D eigenvalue weighted by Crippen LogP contribution is 2.54. The lowest BCUT2D eigenvalue weighted by molar-refractivity contribution is -0.145. The quantitative estimate of drug-likeness (QED) is 0.737. The molecule has 0 radical (unpaired) electrons. The Morgan fingerprint density at radius 1 is 1.44 bits per heavy atom. The summed E-state index contributed by atoms with van der Waals surface area (Å²) in [7, 11) is 2.14. The van der Waals surface area contributed by atoms with Gasteiger partial charge in [-0.05, 0) is 32.9 Å². The fourth-order valence-corrected chi connectivity index (χ4v) is 4.13. The third-order valence-corrected chi connectivity index (χ3v) is 6.04. The molecule has 0 amide bonds. The molecule has 1 saturated carbocycles. The summed E-state index contributed by atoms with van der Waals surface area (Å²) < 4.78 is 11.4. The second-order valence-corrected chi connectivity index (χ2v) is 8.44. The Bertz CT molecular complexity index is 638. The molecule has 2 aliphatic heterocycles. The third-order valence-electron chi connectivity index (χ3n) is 6.04. The topological polar surface area (TPSA) is 58.8 Å². The predicted molar refractivity (Wildman–Crippen MR) is 93.1 cm³/mol. The van der Waals surface area contributed by atoms with Gasteiger partial charge in [-0.15, -0.1) is 0 Å². The lowest BCUT2D eigenvalue weighted by atomic mass is 10.0. The van der Waals surface area contributed by atoms with Crippen molar-refractivity contribution in [1.29, 1.82) is 0 Å².